The average Bonchev–Trinajstić information content (AvgIpc) is 2.62. The summed E-state index contributed by atoms with van der Waals surface area (Å²) in [5.41, 5.74) is 3.67. The van der Waals surface area contributed by atoms with Gasteiger partial charge in [0.15, 0.2) is 0 Å². The highest BCUT2D eigenvalue weighted by atomic mass is 79.9. The van der Waals surface area contributed by atoms with Crippen LogP contribution in [0.3, 0.4) is 0 Å². The molecule has 0 spiro atoms. The van der Waals surface area contributed by atoms with Gasteiger partial charge in [-0.2, -0.15) is 10.2 Å². The third-order valence-electron chi connectivity index (χ3n) is 3.77. The predicted molar refractivity (Wildman–Crippen MR) is 103 cm³/mol. The number of nitrogens with zero attached hydrogens (tertiary/aromatic N) is 4. The van der Waals surface area contributed by atoms with Gasteiger partial charge in [0.05, 0.1) is 11.6 Å². The minimum atomic E-state index is 0.504. The Hall–Kier alpha value is -2.91. The van der Waals surface area contributed by atoms with Crippen LogP contribution < -0.4 is 10.2 Å². The van der Waals surface area contributed by atoms with Crippen molar-refractivity contribution >= 4 is 39.1 Å². The average molecular weight is 394 g/mol. The summed E-state index contributed by atoms with van der Waals surface area (Å²) in [5.74, 6) is 1.29. The minimum Gasteiger partial charge on any atom is -0.329 e. The molecule has 25 heavy (non-hydrogen) atoms. The summed E-state index contributed by atoms with van der Waals surface area (Å²) in [4.78, 5) is 10.9. The standard InChI is InChI=1S/C19H16BrN5/c1-13-11-15(20)5-8-17(13)25(2)18-9-10-22-19(24-18)23-16-6-3-14(12-21)4-7-16/h3-11H,1-2H3,(H,22,23,24). The Morgan fingerprint density at radius 1 is 1.12 bits per heavy atom. The van der Waals surface area contributed by atoms with Crippen molar-refractivity contribution in [3.63, 3.8) is 0 Å². The van der Waals surface area contributed by atoms with Gasteiger partial charge in [-0.1, -0.05) is 15.9 Å². The molecule has 1 N–H and O–H groups in total. The molecule has 0 saturated heterocycles. The maximum absolute atomic E-state index is 8.86. The molecule has 0 amide bonds. The zero-order valence-electron chi connectivity index (χ0n) is 13.9. The minimum absolute atomic E-state index is 0.504. The fourth-order valence-corrected chi connectivity index (χ4v) is 2.95. The number of aromatic nitrogens is 2. The molecule has 1 aromatic heterocycles. The molecular formula is C19H16BrN5. The molecule has 0 fully saturated rings. The summed E-state index contributed by atoms with van der Waals surface area (Å²) in [6.45, 7) is 2.06. The number of benzene rings is 2. The van der Waals surface area contributed by atoms with Crippen LogP contribution >= 0.6 is 15.9 Å². The maximum atomic E-state index is 8.86. The van der Waals surface area contributed by atoms with E-state index in [-0.39, 0.29) is 0 Å². The van der Waals surface area contributed by atoms with E-state index in [1.165, 1.54) is 0 Å². The van der Waals surface area contributed by atoms with Crippen molar-refractivity contribution in [2.75, 3.05) is 17.3 Å². The van der Waals surface area contributed by atoms with Crippen LogP contribution in [0.2, 0.25) is 0 Å². The van der Waals surface area contributed by atoms with E-state index >= 15 is 0 Å². The highest BCUT2D eigenvalue weighted by molar-refractivity contribution is 9.10. The van der Waals surface area contributed by atoms with Crippen molar-refractivity contribution in [3.8, 4) is 6.07 Å². The molecule has 6 heteroatoms. The Balaban J connectivity index is 1.84. The summed E-state index contributed by atoms with van der Waals surface area (Å²) in [7, 11) is 1.98. The van der Waals surface area contributed by atoms with E-state index < -0.39 is 0 Å². The number of nitrogens with one attached hydrogen (secondary N) is 1. The first-order valence-corrected chi connectivity index (χ1v) is 8.46. The molecule has 0 atom stereocenters. The van der Waals surface area contributed by atoms with Crippen molar-refractivity contribution in [3.05, 3.63) is 70.3 Å². The summed E-state index contributed by atoms with van der Waals surface area (Å²) in [5, 5.41) is 12.0. The van der Waals surface area contributed by atoms with E-state index in [4.69, 9.17) is 5.26 Å². The van der Waals surface area contributed by atoms with Crippen molar-refractivity contribution in [2.45, 2.75) is 6.92 Å². The lowest BCUT2D eigenvalue weighted by atomic mass is 10.2. The molecule has 124 valence electrons. The summed E-state index contributed by atoms with van der Waals surface area (Å²) in [6.07, 6.45) is 1.72. The zero-order valence-corrected chi connectivity index (χ0v) is 15.4. The van der Waals surface area contributed by atoms with Crippen molar-refractivity contribution < 1.29 is 0 Å². The number of anilines is 4. The van der Waals surface area contributed by atoms with Crippen molar-refractivity contribution in [1.29, 1.82) is 5.26 Å². The smallest absolute Gasteiger partial charge is 0.229 e. The SMILES string of the molecule is Cc1cc(Br)ccc1N(C)c1ccnc(Nc2ccc(C#N)cc2)n1. The van der Waals surface area contributed by atoms with E-state index in [2.05, 4.69) is 56.3 Å². The second kappa shape index (κ2) is 7.32. The normalized spacial score (nSPS) is 10.2. The number of hydrogen-bond donors (Lipinski definition) is 1. The first-order valence-electron chi connectivity index (χ1n) is 7.67. The van der Waals surface area contributed by atoms with Crippen LogP contribution in [-0.4, -0.2) is 17.0 Å². The number of rotatable bonds is 4. The van der Waals surface area contributed by atoms with Gasteiger partial charge < -0.3 is 10.2 Å². The van der Waals surface area contributed by atoms with Crippen molar-refractivity contribution in [1.82, 2.24) is 9.97 Å². The van der Waals surface area contributed by atoms with Crippen LogP contribution in [0.4, 0.5) is 23.1 Å². The van der Waals surface area contributed by atoms with Gasteiger partial charge in [0.25, 0.3) is 0 Å². The molecule has 0 bridgehead atoms. The van der Waals surface area contributed by atoms with E-state index in [1.807, 2.05) is 36.2 Å². The van der Waals surface area contributed by atoms with Crippen molar-refractivity contribution in [2.24, 2.45) is 0 Å². The first-order chi connectivity index (χ1) is 12.1. The molecule has 1 heterocycles. The summed E-state index contributed by atoms with van der Waals surface area (Å²) < 4.78 is 1.05. The van der Waals surface area contributed by atoms with E-state index in [9.17, 15) is 0 Å². The first kappa shape index (κ1) is 16.9. The van der Waals surface area contributed by atoms with Gasteiger partial charge in [-0.15, -0.1) is 0 Å². The Morgan fingerprint density at radius 3 is 2.56 bits per heavy atom. The van der Waals surface area contributed by atoms with Gasteiger partial charge in [0, 0.05) is 29.1 Å². The van der Waals surface area contributed by atoms with Crippen LogP contribution in [-0.2, 0) is 0 Å². The number of nitriles is 1. The van der Waals surface area contributed by atoms with E-state index in [1.54, 1.807) is 18.3 Å². The highest BCUT2D eigenvalue weighted by Crippen LogP contribution is 2.28. The third kappa shape index (κ3) is 3.95. The molecule has 0 radical (unpaired) electrons. The maximum Gasteiger partial charge on any atom is 0.229 e. The van der Waals surface area contributed by atoms with Gasteiger partial charge in [0.2, 0.25) is 5.95 Å². The second-order valence-corrected chi connectivity index (χ2v) is 6.46. The number of aryl methyl sites for hydroxylation is 1. The fraction of sp³-hybridized carbons (Fsp3) is 0.105. The van der Waals surface area contributed by atoms with E-state index in [0.29, 0.717) is 11.5 Å². The lowest BCUT2D eigenvalue weighted by Gasteiger charge is -2.21. The predicted octanol–water partition coefficient (Wildman–Crippen LogP) is 4.93. The molecule has 0 saturated carbocycles. The van der Waals surface area contributed by atoms with Gasteiger partial charge in [-0.3, -0.25) is 0 Å². The molecular weight excluding hydrogens is 378 g/mol. The number of hydrogen-bond acceptors (Lipinski definition) is 5. The van der Waals surface area contributed by atoms with E-state index in [0.717, 1.165) is 27.2 Å². The molecule has 2 aromatic carbocycles. The largest absolute Gasteiger partial charge is 0.329 e. The molecule has 5 nitrogen and oxygen atoms in total. The Labute approximate surface area is 155 Å². The van der Waals surface area contributed by atoms with Gasteiger partial charge in [-0.05, 0) is 61.0 Å². The molecule has 0 unspecified atom stereocenters. The highest BCUT2D eigenvalue weighted by Gasteiger charge is 2.10. The topological polar surface area (TPSA) is 64.8 Å². The zero-order chi connectivity index (χ0) is 17.8. The van der Waals surface area contributed by atoms with Crippen LogP contribution in [0, 0.1) is 18.3 Å². The molecule has 0 aliphatic heterocycles. The van der Waals surface area contributed by atoms with Crippen LogP contribution in [0.5, 0.6) is 0 Å². The Bertz CT molecular complexity index is 931. The summed E-state index contributed by atoms with van der Waals surface area (Å²) >= 11 is 3.49. The lowest BCUT2D eigenvalue weighted by molar-refractivity contribution is 1.07. The van der Waals surface area contributed by atoms with Crippen LogP contribution in [0.15, 0.2) is 59.2 Å². The number of halogens is 1. The third-order valence-corrected chi connectivity index (χ3v) is 4.27. The van der Waals surface area contributed by atoms with Gasteiger partial charge >= 0.3 is 0 Å². The fourth-order valence-electron chi connectivity index (χ4n) is 2.47. The Morgan fingerprint density at radius 2 is 1.88 bits per heavy atom. The Kier molecular flexibility index (Phi) is 4.96. The second-order valence-electron chi connectivity index (χ2n) is 5.54. The molecule has 3 rings (SSSR count). The lowest BCUT2D eigenvalue weighted by Crippen LogP contribution is -2.13. The molecule has 0 aliphatic carbocycles. The van der Waals surface area contributed by atoms with Gasteiger partial charge in [-0.25, -0.2) is 4.98 Å². The monoisotopic (exact) mass is 393 g/mol. The van der Waals surface area contributed by atoms with Crippen LogP contribution in [0.25, 0.3) is 0 Å². The quantitative estimate of drug-likeness (QED) is 0.680. The van der Waals surface area contributed by atoms with Gasteiger partial charge in [0.1, 0.15) is 5.82 Å². The van der Waals surface area contributed by atoms with Crippen LogP contribution in [0.1, 0.15) is 11.1 Å². The molecule has 0 aliphatic rings. The summed E-state index contributed by atoms with van der Waals surface area (Å²) in [6, 6.07) is 17.3. The molecule has 3 aromatic rings.